The van der Waals surface area contributed by atoms with E-state index in [1.165, 1.54) is 17.2 Å². The number of hydrogen-bond acceptors (Lipinski definition) is 17. The summed E-state index contributed by atoms with van der Waals surface area (Å²) in [6.07, 6.45) is -12.2. The zero-order valence-electron chi connectivity index (χ0n) is 18.5. The number of hydrogen-bond donors (Lipinski definition) is 8. The monoisotopic (exact) mass is 586 g/mol. The van der Waals surface area contributed by atoms with Crippen LogP contribution in [0.5, 0.6) is 0 Å². The Hall–Kier alpha value is -1.61. The highest BCUT2D eigenvalue weighted by Crippen LogP contribution is 2.61. The number of nitrogens with zero attached hydrogens (tertiary/aromatic N) is 4. The van der Waals surface area contributed by atoms with Gasteiger partial charge in [-0.15, -0.1) is 0 Å². The lowest BCUT2D eigenvalue weighted by Gasteiger charge is -2.39. The van der Waals surface area contributed by atoms with E-state index in [1.807, 2.05) is 0 Å². The highest BCUT2D eigenvalue weighted by molar-refractivity contribution is 7.83. The highest BCUT2D eigenvalue weighted by atomic mass is 31.3. The summed E-state index contributed by atoms with van der Waals surface area (Å²) in [6.45, 7) is -1.44. The van der Waals surface area contributed by atoms with E-state index in [-0.39, 0.29) is 17.0 Å². The summed E-state index contributed by atoms with van der Waals surface area (Å²) in [6, 6.07) is 0. The van der Waals surface area contributed by atoms with Gasteiger partial charge in [0.1, 0.15) is 54.6 Å². The van der Waals surface area contributed by atoms with Crippen LogP contribution in [0, 0.1) is 0 Å². The van der Waals surface area contributed by atoms with Crippen LogP contribution in [0.4, 0.5) is 5.82 Å². The molecule has 2 aliphatic rings. The maximum absolute atomic E-state index is 12.8. The minimum absolute atomic E-state index is 0.0824. The summed E-state index contributed by atoms with van der Waals surface area (Å²) in [5.41, 5.74) is 6.20. The highest BCUT2D eigenvalue weighted by Gasteiger charge is 2.48. The van der Waals surface area contributed by atoms with Gasteiger partial charge in [0.15, 0.2) is 31.5 Å². The van der Waals surface area contributed by atoms with E-state index in [0.29, 0.717) is 0 Å². The summed E-state index contributed by atoms with van der Waals surface area (Å²) in [4.78, 5) is 22.0. The molecular weight excluding hydrogens is 559 g/mol. The van der Waals surface area contributed by atoms with Crippen molar-refractivity contribution >= 4 is 39.8 Å². The molecule has 22 heteroatoms. The van der Waals surface area contributed by atoms with Crippen molar-refractivity contribution in [3.8, 4) is 0 Å². The average Bonchev–Trinajstić information content (AvgIpc) is 3.39. The fourth-order valence-electron chi connectivity index (χ4n) is 3.70. The quantitative estimate of drug-likeness (QED) is 0.101. The Morgan fingerprint density at radius 2 is 1.68 bits per heavy atom. The molecule has 11 atom stereocenters. The number of imidazole rings is 1. The van der Waals surface area contributed by atoms with Crippen LogP contribution in [0.3, 0.4) is 0 Å². The summed E-state index contributed by atoms with van der Waals surface area (Å²) in [7, 11) is -10.9. The standard InChI is InChI=1S/C16H27BN5O14P2/c17-37(29,36-38(30,31)35-16-12(28)10(26)8(24)5(1-23)34-16)32-2-6-9(25)11(27)15(33-6)22-4-21-7-13(18)19-3-20-14(7)22/h3-6,8-12,15-16,23-28H,1-2H2,17H3,(H,30,31)(H2,18,19,20)/q-1/t5?,6-,8-,9+,10+,11?,12?,15-,16+,37+/m1/s1. The van der Waals surface area contributed by atoms with Crippen molar-refractivity contribution in [1.29, 1.82) is 0 Å². The van der Waals surface area contributed by atoms with E-state index in [9.17, 15) is 44.7 Å². The molecule has 0 amide bonds. The second-order valence-corrected chi connectivity index (χ2v) is 10.5. The molecule has 2 aliphatic heterocycles. The van der Waals surface area contributed by atoms with E-state index in [0.717, 1.165) is 0 Å². The molecule has 4 unspecified atom stereocenters. The van der Waals surface area contributed by atoms with Crippen LogP contribution in [0.15, 0.2) is 12.7 Å². The molecule has 214 valence electrons. The van der Waals surface area contributed by atoms with Crippen molar-refractivity contribution in [2.45, 2.75) is 55.2 Å². The number of nitrogens with two attached hydrogens (primary N) is 1. The maximum atomic E-state index is 12.8. The summed E-state index contributed by atoms with van der Waals surface area (Å²) >= 11 is 0. The van der Waals surface area contributed by atoms with Crippen LogP contribution in [0.25, 0.3) is 11.2 Å². The fraction of sp³-hybridized carbons (Fsp3) is 0.688. The number of nitrogen functional groups attached to an aromatic ring is 1. The zero-order chi connectivity index (χ0) is 28.0. The van der Waals surface area contributed by atoms with E-state index < -0.39 is 91.3 Å². The number of rotatable bonds is 9. The third-order valence-electron chi connectivity index (χ3n) is 5.60. The van der Waals surface area contributed by atoms with Gasteiger partial charge in [-0.1, -0.05) is 0 Å². The van der Waals surface area contributed by atoms with Gasteiger partial charge in [0.05, 0.1) is 27.1 Å². The molecule has 0 saturated carbocycles. The zero-order valence-corrected chi connectivity index (χ0v) is 20.3. The van der Waals surface area contributed by atoms with E-state index >= 15 is 0 Å². The van der Waals surface area contributed by atoms with Gasteiger partial charge < -0.3 is 59.8 Å². The molecular formula is C16H27BN5O14P2-. The first-order valence-electron chi connectivity index (χ1n) is 10.5. The van der Waals surface area contributed by atoms with Gasteiger partial charge in [-0.3, -0.25) is 9.09 Å². The van der Waals surface area contributed by atoms with Crippen LogP contribution >= 0.6 is 15.3 Å². The minimum Gasteiger partial charge on any atom is -0.394 e. The number of aromatic nitrogens is 4. The topological polar surface area (TPSA) is 292 Å². The largest absolute Gasteiger partial charge is 0.479 e. The second-order valence-electron chi connectivity index (χ2n) is 8.00. The lowest BCUT2D eigenvalue weighted by molar-refractivity contribution is -0.280. The second kappa shape index (κ2) is 11.1. The first kappa shape index (κ1) is 29.4. The number of aliphatic hydroxyl groups is 6. The third-order valence-corrected chi connectivity index (χ3v) is 7.79. The molecule has 2 aromatic rings. The van der Waals surface area contributed by atoms with Gasteiger partial charge in [0.25, 0.3) is 0 Å². The molecule has 9 N–H and O–H groups in total. The number of fused-ring (bicyclic) bond motifs is 1. The summed E-state index contributed by atoms with van der Waals surface area (Å²) in [5, 5.41) is 59.7. The molecule has 4 rings (SSSR count). The van der Waals surface area contributed by atoms with Crippen LogP contribution < -0.4 is 5.73 Å². The number of anilines is 1. The van der Waals surface area contributed by atoms with Gasteiger partial charge in [-0.2, -0.15) is 0 Å². The third kappa shape index (κ3) is 5.93. The molecule has 2 aromatic heterocycles. The minimum atomic E-state index is -5.25. The summed E-state index contributed by atoms with van der Waals surface area (Å²) in [5.74, 6) is 0.0824. The van der Waals surface area contributed by atoms with Crippen LogP contribution in [-0.4, -0.2) is 125 Å². The summed E-state index contributed by atoms with van der Waals surface area (Å²) < 4.78 is 51.7. The predicted molar refractivity (Wildman–Crippen MR) is 125 cm³/mol. The normalized spacial score (nSPS) is 37.2. The van der Waals surface area contributed by atoms with E-state index in [2.05, 4.69) is 23.8 Å². The molecule has 0 radical (unpaired) electrons. The maximum Gasteiger partial charge on any atom is 0.479 e. The SMILES string of the molecule is [BH3-][P@](=O)(OC[C@H]1O[C@@H](n2cnc3c(N)ncnc32)C(O)[C@H]1O)OP(=O)(O)O[C@@H]1OC(CO)[C@@H](O)[C@H](O)C1O. The van der Waals surface area contributed by atoms with Crippen molar-refractivity contribution < 1.29 is 67.5 Å². The smallest absolute Gasteiger partial charge is 0.394 e. The molecule has 2 saturated heterocycles. The number of ether oxygens (including phenoxy) is 2. The first-order chi connectivity index (χ1) is 17.7. The molecule has 2 fully saturated rings. The Morgan fingerprint density at radius 1 is 1.00 bits per heavy atom. The molecule has 4 heterocycles. The van der Waals surface area contributed by atoms with Gasteiger partial charge in [-0.05, 0) is 0 Å². The van der Waals surface area contributed by atoms with Gasteiger partial charge in [0, 0.05) is 0 Å². The lowest BCUT2D eigenvalue weighted by Crippen LogP contribution is -2.58. The number of aliphatic hydroxyl groups excluding tert-OH is 6. The van der Waals surface area contributed by atoms with Crippen LogP contribution in [-0.2, 0) is 32.0 Å². The van der Waals surface area contributed by atoms with E-state index in [1.54, 1.807) is 0 Å². The van der Waals surface area contributed by atoms with Crippen molar-refractivity contribution in [3.05, 3.63) is 12.7 Å². The number of phosphoric acid groups is 1. The molecule has 38 heavy (non-hydrogen) atoms. The predicted octanol–water partition coefficient (Wildman–Crippen LogP) is -4.55. The van der Waals surface area contributed by atoms with Crippen LogP contribution in [0.1, 0.15) is 6.23 Å². The van der Waals surface area contributed by atoms with Crippen molar-refractivity contribution in [2.75, 3.05) is 18.9 Å². The molecule has 0 aliphatic carbocycles. The Balaban J connectivity index is 1.38. The first-order valence-corrected chi connectivity index (χ1v) is 13.1. The molecule has 0 spiro atoms. The van der Waals surface area contributed by atoms with Gasteiger partial charge >= 0.3 is 7.82 Å². The van der Waals surface area contributed by atoms with Crippen molar-refractivity contribution in [1.82, 2.24) is 19.5 Å². The fourth-order valence-corrected chi connectivity index (χ4v) is 5.42. The van der Waals surface area contributed by atoms with E-state index in [4.69, 9.17) is 19.7 Å². The Bertz CT molecular complexity index is 1240. The van der Waals surface area contributed by atoms with Crippen molar-refractivity contribution in [3.63, 3.8) is 0 Å². The Kier molecular flexibility index (Phi) is 8.59. The van der Waals surface area contributed by atoms with Gasteiger partial charge in [-0.25, -0.2) is 23.8 Å². The van der Waals surface area contributed by atoms with Crippen LogP contribution in [0.2, 0.25) is 0 Å². The number of phosphoric ester groups is 1. The molecule has 0 bridgehead atoms. The van der Waals surface area contributed by atoms with Crippen molar-refractivity contribution in [2.24, 2.45) is 0 Å². The molecule has 0 aromatic carbocycles. The lowest BCUT2D eigenvalue weighted by atomic mass is 10.00. The Labute approximate surface area is 214 Å². The molecule has 19 nitrogen and oxygen atoms in total. The average molecular weight is 586 g/mol. The Morgan fingerprint density at radius 3 is 2.37 bits per heavy atom. The van der Waals surface area contributed by atoms with Gasteiger partial charge in [0.2, 0.25) is 0 Å².